The van der Waals surface area contributed by atoms with Crippen LogP contribution in [0.25, 0.3) is 0 Å². The highest BCUT2D eigenvalue weighted by Crippen LogP contribution is 2.34. The summed E-state index contributed by atoms with van der Waals surface area (Å²) in [5.41, 5.74) is 6.15. The van der Waals surface area contributed by atoms with Gasteiger partial charge in [-0.15, -0.1) is 0 Å². The molecule has 8 nitrogen and oxygen atoms in total. The van der Waals surface area contributed by atoms with Gasteiger partial charge in [0.2, 0.25) is 5.96 Å². The molecule has 0 spiro atoms. The van der Waals surface area contributed by atoms with Gasteiger partial charge in [-0.2, -0.15) is 5.26 Å². The maximum absolute atomic E-state index is 10.7. The molecule has 0 bridgehead atoms. The number of hydrogen-bond donors (Lipinski definition) is 3. The van der Waals surface area contributed by atoms with Crippen molar-refractivity contribution in [2.24, 2.45) is 10.7 Å². The molecule has 1 atom stereocenters. The van der Waals surface area contributed by atoms with Crippen LogP contribution in [0.4, 0.5) is 17.1 Å². The topological polar surface area (TPSA) is 138 Å². The molecule has 0 saturated heterocycles. The van der Waals surface area contributed by atoms with Crippen molar-refractivity contribution in [1.29, 1.82) is 5.26 Å². The number of aromatic hydroxyl groups is 1. The van der Waals surface area contributed by atoms with Crippen LogP contribution in [0.3, 0.4) is 0 Å². The number of para-hydroxylation sites is 1. The van der Waals surface area contributed by atoms with Gasteiger partial charge in [0.05, 0.1) is 11.4 Å². The summed E-state index contributed by atoms with van der Waals surface area (Å²) in [6, 6.07) is 10.6. The van der Waals surface area contributed by atoms with Crippen molar-refractivity contribution in [3.05, 3.63) is 47.5 Å². The molecule has 2 aromatic carbocycles. The number of rotatable bonds is 4. The molecule has 0 aliphatic carbocycles. The predicted molar refractivity (Wildman–Crippen MR) is 91.5 cm³/mol. The predicted octanol–water partition coefficient (Wildman–Crippen LogP) is 2.19. The fourth-order valence-corrected chi connectivity index (χ4v) is 2.28. The number of aliphatic imine (C=N–C) groups is 1. The van der Waals surface area contributed by atoms with Crippen LogP contribution in [0.5, 0.6) is 5.75 Å². The Morgan fingerprint density at radius 2 is 2.04 bits per heavy atom. The minimum atomic E-state index is -2.63. The fourth-order valence-electron chi connectivity index (χ4n) is 1.81. The number of halogens is 1. The summed E-state index contributed by atoms with van der Waals surface area (Å²) in [4.78, 5) is 4.93. The largest absolute Gasteiger partial charge is 0.755 e. The molecule has 1 unspecified atom stereocenters. The van der Waals surface area contributed by atoms with Gasteiger partial charge in [0.15, 0.2) is 11.9 Å². The van der Waals surface area contributed by atoms with Gasteiger partial charge < -0.3 is 20.1 Å². The Kier molecular flexibility index (Phi) is 5.59. The number of nitrogens with zero attached hydrogens (tertiary/aromatic N) is 3. The Morgan fingerprint density at radius 3 is 2.62 bits per heavy atom. The molecule has 124 valence electrons. The second kappa shape index (κ2) is 7.65. The van der Waals surface area contributed by atoms with Crippen molar-refractivity contribution in [1.82, 2.24) is 0 Å². The van der Waals surface area contributed by atoms with Gasteiger partial charge >= 0.3 is 0 Å². The zero-order valence-corrected chi connectivity index (χ0v) is 13.6. The van der Waals surface area contributed by atoms with E-state index >= 15 is 0 Å². The van der Waals surface area contributed by atoms with Crippen LogP contribution in [0.2, 0.25) is 5.02 Å². The molecule has 0 aliphatic rings. The van der Waals surface area contributed by atoms with Crippen molar-refractivity contribution in [2.75, 3.05) is 9.62 Å². The summed E-state index contributed by atoms with van der Waals surface area (Å²) < 4.78 is 23.5. The molecule has 0 saturated carbocycles. The van der Waals surface area contributed by atoms with E-state index in [1.807, 2.05) is 4.72 Å². The molecular formula is C14H11ClN5O3S-. The molecular weight excluding hydrogens is 354 g/mol. The molecule has 0 fully saturated rings. The van der Waals surface area contributed by atoms with Crippen LogP contribution in [0, 0.1) is 11.5 Å². The number of phenolic OH excluding ortho intramolecular Hbond substituents is 1. The van der Waals surface area contributed by atoms with Gasteiger partial charge in [-0.05, 0) is 36.4 Å². The number of guanidine groups is 1. The highest BCUT2D eigenvalue weighted by atomic mass is 35.5. The third kappa shape index (κ3) is 4.14. The number of nitrogens with one attached hydrogen (secondary N) is 1. The van der Waals surface area contributed by atoms with E-state index in [1.165, 1.54) is 18.2 Å². The monoisotopic (exact) mass is 364 g/mol. The van der Waals surface area contributed by atoms with Crippen molar-refractivity contribution in [3.63, 3.8) is 0 Å². The van der Waals surface area contributed by atoms with Crippen LogP contribution in [0.15, 0.2) is 47.5 Å². The van der Waals surface area contributed by atoms with Gasteiger partial charge in [-0.25, -0.2) is 9.89 Å². The molecule has 0 aromatic heterocycles. The molecule has 4 N–H and O–H groups in total. The number of anilines is 2. The van der Waals surface area contributed by atoms with Crippen molar-refractivity contribution in [2.45, 2.75) is 0 Å². The first-order valence-electron chi connectivity index (χ1n) is 6.40. The van der Waals surface area contributed by atoms with E-state index in [2.05, 4.69) is 4.99 Å². The first kappa shape index (κ1) is 17.6. The first-order chi connectivity index (χ1) is 11.4. The third-order valence-electron chi connectivity index (χ3n) is 2.85. The van der Waals surface area contributed by atoms with E-state index in [0.717, 1.165) is 4.90 Å². The highest BCUT2D eigenvalue weighted by molar-refractivity contribution is 7.80. The van der Waals surface area contributed by atoms with Gasteiger partial charge in [-0.3, -0.25) is 4.21 Å². The maximum atomic E-state index is 10.7. The molecule has 0 amide bonds. The van der Waals surface area contributed by atoms with Crippen molar-refractivity contribution < 1.29 is 13.9 Å². The molecule has 2 aromatic rings. The van der Waals surface area contributed by atoms with Gasteiger partial charge in [0.1, 0.15) is 5.69 Å². The van der Waals surface area contributed by atoms with Crippen LogP contribution in [0.1, 0.15) is 0 Å². The summed E-state index contributed by atoms with van der Waals surface area (Å²) in [6.07, 6.45) is 1.78. The Bertz CT molecular complexity index is 835. The van der Waals surface area contributed by atoms with E-state index in [4.69, 9.17) is 17.3 Å². The standard InChI is InChI=1S/C14H12ClN5O3S/c15-9-4-6-10(7-5-9)18-14(17)20(8-16)12-3-1-2-11(13(12)21)19-24(22)23/h1-7,19,21H,(H2,17,18)(H,22,23)/p-1. The maximum Gasteiger partial charge on any atom is 0.214 e. The highest BCUT2D eigenvalue weighted by Gasteiger charge is 2.17. The number of nitrogens with two attached hydrogens (primary N) is 1. The number of phenols is 1. The lowest BCUT2D eigenvalue weighted by atomic mass is 10.2. The Hall–Kier alpha value is -2.80. The van der Waals surface area contributed by atoms with Crippen LogP contribution in [-0.2, 0) is 11.3 Å². The molecule has 10 heteroatoms. The molecule has 24 heavy (non-hydrogen) atoms. The first-order valence-corrected chi connectivity index (χ1v) is 7.85. The zero-order chi connectivity index (χ0) is 17.7. The Labute approximate surface area is 145 Å². The van der Waals surface area contributed by atoms with Crippen LogP contribution in [-0.4, -0.2) is 19.8 Å². The van der Waals surface area contributed by atoms with Crippen molar-refractivity contribution in [3.8, 4) is 11.9 Å². The lowest BCUT2D eigenvalue weighted by Gasteiger charge is -2.18. The molecule has 0 radical (unpaired) electrons. The number of hydrogen-bond acceptors (Lipinski definition) is 5. The minimum Gasteiger partial charge on any atom is -0.755 e. The number of nitriles is 1. The molecule has 0 aliphatic heterocycles. The van der Waals surface area contributed by atoms with E-state index in [-0.39, 0.29) is 17.3 Å². The van der Waals surface area contributed by atoms with E-state index < -0.39 is 17.0 Å². The minimum absolute atomic E-state index is 0.0248. The van der Waals surface area contributed by atoms with E-state index in [0.29, 0.717) is 10.7 Å². The smallest absolute Gasteiger partial charge is 0.214 e. The summed E-state index contributed by atoms with van der Waals surface area (Å²) in [7, 11) is 0. The average molecular weight is 365 g/mol. The quantitative estimate of drug-likeness (QED) is 0.190. The summed E-state index contributed by atoms with van der Waals surface area (Å²) in [6.45, 7) is 0. The molecule has 2 rings (SSSR count). The molecule has 0 heterocycles. The Balaban J connectivity index is 2.39. The van der Waals surface area contributed by atoms with E-state index in [1.54, 1.807) is 30.5 Å². The van der Waals surface area contributed by atoms with Crippen molar-refractivity contribution >= 4 is 45.9 Å². The van der Waals surface area contributed by atoms with Crippen LogP contribution < -0.4 is 15.4 Å². The second-order valence-corrected chi connectivity index (χ2v) is 5.50. The Morgan fingerprint density at radius 1 is 1.38 bits per heavy atom. The van der Waals surface area contributed by atoms with Gasteiger partial charge in [-0.1, -0.05) is 17.7 Å². The second-order valence-electron chi connectivity index (χ2n) is 4.39. The summed E-state index contributed by atoms with van der Waals surface area (Å²) >= 11 is 3.15. The lowest BCUT2D eigenvalue weighted by molar-refractivity contribution is 0.478. The summed E-state index contributed by atoms with van der Waals surface area (Å²) in [5.74, 6) is -0.673. The van der Waals surface area contributed by atoms with Crippen LogP contribution >= 0.6 is 11.6 Å². The van der Waals surface area contributed by atoms with E-state index in [9.17, 15) is 19.1 Å². The average Bonchev–Trinajstić information content (AvgIpc) is 2.53. The summed E-state index contributed by atoms with van der Waals surface area (Å²) in [5, 5.41) is 20.0. The zero-order valence-electron chi connectivity index (χ0n) is 12.0. The lowest BCUT2D eigenvalue weighted by Crippen LogP contribution is -2.33. The number of benzene rings is 2. The van der Waals surface area contributed by atoms with Gasteiger partial charge in [0.25, 0.3) is 0 Å². The third-order valence-corrected chi connectivity index (χ3v) is 3.49. The van der Waals surface area contributed by atoms with Gasteiger partial charge in [0, 0.05) is 16.3 Å². The fraction of sp³-hybridized carbons (Fsp3) is 0. The normalized spacial score (nSPS) is 12.3. The SMILES string of the molecule is N#CN(C(N)=Nc1ccc(Cl)cc1)c1cccc(NS(=O)[O-])c1O.